The summed E-state index contributed by atoms with van der Waals surface area (Å²) in [6, 6.07) is 3.44. The van der Waals surface area contributed by atoms with Gasteiger partial charge in [-0.1, -0.05) is 6.92 Å². The highest BCUT2D eigenvalue weighted by Gasteiger charge is 2.36. The molecule has 2 saturated heterocycles. The summed E-state index contributed by atoms with van der Waals surface area (Å²) >= 11 is 0. The second-order valence-corrected chi connectivity index (χ2v) is 7.12. The number of nitrogens with zero attached hydrogens (tertiary/aromatic N) is 3. The highest BCUT2D eigenvalue weighted by Crippen LogP contribution is 2.24. The van der Waals surface area contributed by atoms with Gasteiger partial charge in [0.15, 0.2) is 0 Å². The van der Waals surface area contributed by atoms with E-state index in [0.717, 1.165) is 25.3 Å². The summed E-state index contributed by atoms with van der Waals surface area (Å²) in [4.78, 5) is 30.3. The molecule has 2 amide bonds. The molecule has 1 aromatic carbocycles. The number of carbonyl (C=O) groups excluding carboxylic acids is 2. The van der Waals surface area contributed by atoms with Gasteiger partial charge in [-0.2, -0.15) is 0 Å². The maximum atomic E-state index is 13.5. The van der Waals surface area contributed by atoms with E-state index in [1.54, 1.807) is 9.80 Å². The Morgan fingerprint density at radius 3 is 2.38 bits per heavy atom. The van der Waals surface area contributed by atoms with Gasteiger partial charge < -0.3 is 14.7 Å². The van der Waals surface area contributed by atoms with E-state index in [2.05, 4.69) is 0 Å². The van der Waals surface area contributed by atoms with Crippen molar-refractivity contribution in [2.45, 2.75) is 45.2 Å². The molecule has 0 radical (unpaired) electrons. The summed E-state index contributed by atoms with van der Waals surface area (Å²) in [6.07, 6.45) is 2.74. The first-order chi connectivity index (χ1) is 12.4. The first kappa shape index (κ1) is 18.6. The fourth-order valence-electron chi connectivity index (χ4n) is 4.02. The van der Waals surface area contributed by atoms with Crippen molar-refractivity contribution in [1.82, 2.24) is 9.80 Å². The standard InChI is InChI=1S/C19H25F2N3O2/c1-3-16-5-4-6-24(16)19(26)18(25)22-7-8-23(13(2)12-22)17-10-14(20)9-15(21)11-17/h9-11,13,16H,3-8,12H2,1-2H3/t13-,16?/m1/s1. The van der Waals surface area contributed by atoms with Gasteiger partial charge in [-0.15, -0.1) is 0 Å². The SMILES string of the molecule is CCC1CCCN1C(=O)C(=O)N1CCN(c2cc(F)cc(F)c2)[C@H](C)C1. The molecule has 2 heterocycles. The smallest absolute Gasteiger partial charge is 0.312 e. The minimum absolute atomic E-state index is 0.137. The molecule has 5 nitrogen and oxygen atoms in total. The number of rotatable bonds is 2. The maximum absolute atomic E-state index is 13.5. The zero-order chi connectivity index (χ0) is 18.8. The van der Waals surface area contributed by atoms with Crippen LogP contribution in [0.4, 0.5) is 14.5 Å². The number of anilines is 1. The minimum atomic E-state index is -0.625. The third-order valence-corrected chi connectivity index (χ3v) is 5.39. The van der Waals surface area contributed by atoms with Crippen LogP contribution < -0.4 is 4.90 Å². The van der Waals surface area contributed by atoms with Gasteiger partial charge in [-0.05, 0) is 38.3 Å². The number of halogens is 2. The van der Waals surface area contributed by atoms with Crippen LogP contribution in [-0.4, -0.2) is 59.9 Å². The molecule has 3 rings (SSSR count). The molecule has 1 aromatic rings. The van der Waals surface area contributed by atoms with Crippen molar-refractivity contribution >= 4 is 17.5 Å². The summed E-state index contributed by atoms with van der Waals surface area (Å²) in [6.45, 7) is 5.70. The largest absolute Gasteiger partial charge is 0.365 e. The first-order valence-electron chi connectivity index (χ1n) is 9.23. The topological polar surface area (TPSA) is 43.9 Å². The number of benzene rings is 1. The van der Waals surface area contributed by atoms with Crippen molar-refractivity contribution in [3.63, 3.8) is 0 Å². The molecule has 0 spiro atoms. The Hall–Kier alpha value is -2.18. The molecule has 1 unspecified atom stereocenters. The molecule has 7 heteroatoms. The van der Waals surface area contributed by atoms with Crippen LogP contribution in [0.25, 0.3) is 0 Å². The molecule has 0 N–H and O–H groups in total. The average molecular weight is 365 g/mol. The molecular formula is C19H25F2N3O2. The second-order valence-electron chi connectivity index (χ2n) is 7.12. The maximum Gasteiger partial charge on any atom is 0.312 e. The van der Waals surface area contributed by atoms with E-state index < -0.39 is 23.4 Å². The van der Waals surface area contributed by atoms with Crippen LogP contribution in [-0.2, 0) is 9.59 Å². The number of hydrogen-bond donors (Lipinski definition) is 0. The van der Waals surface area contributed by atoms with Crippen LogP contribution in [0.15, 0.2) is 18.2 Å². The normalized spacial score (nSPS) is 23.5. The summed E-state index contributed by atoms with van der Waals surface area (Å²) in [7, 11) is 0. The van der Waals surface area contributed by atoms with Crippen LogP contribution in [0.3, 0.4) is 0 Å². The Kier molecular flexibility index (Phi) is 5.44. The monoisotopic (exact) mass is 365 g/mol. The lowest BCUT2D eigenvalue weighted by Gasteiger charge is -2.41. The molecule has 0 aliphatic carbocycles. The lowest BCUT2D eigenvalue weighted by atomic mass is 10.1. The van der Waals surface area contributed by atoms with E-state index in [1.165, 1.54) is 12.1 Å². The quantitative estimate of drug-likeness (QED) is 0.756. The van der Waals surface area contributed by atoms with Crippen molar-refractivity contribution in [3.05, 3.63) is 29.8 Å². The molecular weight excluding hydrogens is 340 g/mol. The van der Waals surface area contributed by atoms with Crippen molar-refractivity contribution < 1.29 is 18.4 Å². The van der Waals surface area contributed by atoms with Crippen molar-refractivity contribution in [2.75, 3.05) is 31.1 Å². The van der Waals surface area contributed by atoms with Crippen LogP contribution >= 0.6 is 0 Å². The molecule has 142 valence electrons. The first-order valence-corrected chi connectivity index (χ1v) is 9.23. The number of amides is 2. The molecule has 0 saturated carbocycles. The van der Waals surface area contributed by atoms with E-state index in [4.69, 9.17) is 0 Å². The van der Waals surface area contributed by atoms with E-state index in [1.807, 2.05) is 18.7 Å². The predicted molar refractivity (Wildman–Crippen MR) is 94.8 cm³/mol. The van der Waals surface area contributed by atoms with Gasteiger partial charge >= 0.3 is 11.8 Å². The van der Waals surface area contributed by atoms with Crippen molar-refractivity contribution in [2.24, 2.45) is 0 Å². The van der Waals surface area contributed by atoms with Gasteiger partial charge in [0.05, 0.1) is 0 Å². The molecule has 0 bridgehead atoms. The number of piperazine rings is 1. The van der Waals surface area contributed by atoms with Crippen LogP contribution in [0, 0.1) is 11.6 Å². The fourth-order valence-corrected chi connectivity index (χ4v) is 4.02. The Balaban J connectivity index is 1.66. The second kappa shape index (κ2) is 7.60. The third-order valence-electron chi connectivity index (χ3n) is 5.39. The number of carbonyl (C=O) groups is 2. The summed E-state index contributed by atoms with van der Waals surface area (Å²) in [5.41, 5.74) is 0.457. The number of likely N-dealkylation sites (tertiary alicyclic amines) is 1. The predicted octanol–water partition coefficient (Wildman–Crippen LogP) is 2.40. The van der Waals surface area contributed by atoms with E-state index >= 15 is 0 Å². The van der Waals surface area contributed by atoms with Gasteiger partial charge in [0.25, 0.3) is 0 Å². The van der Waals surface area contributed by atoms with Gasteiger partial charge in [0, 0.05) is 50.0 Å². The molecule has 2 atom stereocenters. The van der Waals surface area contributed by atoms with Gasteiger partial charge in [-0.25, -0.2) is 8.78 Å². The summed E-state index contributed by atoms with van der Waals surface area (Å²) in [5, 5.41) is 0. The number of hydrogen-bond acceptors (Lipinski definition) is 3. The lowest BCUT2D eigenvalue weighted by molar-refractivity contribution is -0.152. The van der Waals surface area contributed by atoms with Crippen molar-refractivity contribution in [3.8, 4) is 0 Å². The highest BCUT2D eigenvalue weighted by atomic mass is 19.1. The zero-order valence-electron chi connectivity index (χ0n) is 15.3. The van der Waals surface area contributed by atoms with Crippen LogP contribution in [0.5, 0.6) is 0 Å². The molecule has 0 aromatic heterocycles. The Morgan fingerprint density at radius 2 is 1.77 bits per heavy atom. The van der Waals surface area contributed by atoms with Crippen molar-refractivity contribution in [1.29, 1.82) is 0 Å². The summed E-state index contributed by atoms with van der Waals surface area (Å²) < 4.78 is 27.0. The molecule has 2 fully saturated rings. The Labute approximate surface area is 152 Å². The molecule has 2 aliphatic heterocycles. The fraction of sp³-hybridized carbons (Fsp3) is 0.579. The average Bonchev–Trinajstić information content (AvgIpc) is 3.08. The highest BCUT2D eigenvalue weighted by molar-refractivity contribution is 6.35. The van der Waals surface area contributed by atoms with Crippen LogP contribution in [0.2, 0.25) is 0 Å². The zero-order valence-corrected chi connectivity index (χ0v) is 15.3. The van der Waals surface area contributed by atoms with Crippen LogP contribution in [0.1, 0.15) is 33.1 Å². The minimum Gasteiger partial charge on any atom is -0.365 e. The van der Waals surface area contributed by atoms with Gasteiger partial charge in [0.2, 0.25) is 0 Å². The summed E-state index contributed by atoms with van der Waals surface area (Å²) in [5.74, 6) is -2.14. The Morgan fingerprint density at radius 1 is 1.08 bits per heavy atom. The third kappa shape index (κ3) is 3.66. The Bertz CT molecular complexity index is 677. The molecule has 26 heavy (non-hydrogen) atoms. The van der Waals surface area contributed by atoms with E-state index in [0.29, 0.717) is 31.9 Å². The van der Waals surface area contributed by atoms with Gasteiger partial charge in [-0.3, -0.25) is 9.59 Å². The lowest BCUT2D eigenvalue weighted by Crippen LogP contribution is -2.57. The van der Waals surface area contributed by atoms with Gasteiger partial charge in [0.1, 0.15) is 11.6 Å². The van der Waals surface area contributed by atoms with E-state index in [9.17, 15) is 18.4 Å². The molecule has 2 aliphatic rings. The van der Waals surface area contributed by atoms with E-state index in [-0.39, 0.29) is 12.1 Å².